The Morgan fingerprint density at radius 1 is 0.960 bits per heavy atom. The highest BCUT2D eigenvalue weighted by atomic mass is 16.5. The van der Waals surface area contributed by atoms with Crippen LogP contribution >= 0.6 is 0 Å². The maximum absolute atomic E-state index is 12.6. The van der Waals surface area contributed by atoms with Crippen LogP contribution in [0.15, 0.2) is 48.5 Å². The van der Waals surface area contributed by atoms with Crippen molar-refractivity contribution in [3.63, 3.8) is 0 Å². The van der Waals surface area contributed by atoms with Crippen LogP contribution in [0.2, 0.25) is 0 Å². The molecule has 0 saturated heterocycles. The van der Waals surface area contributed by atoms with Gasteiger partial charge in [0.25, 0.3) is 0 Å². The van der Waals surface area contributed by atoms with Crippen molar-refractivity contribution in [2.75, 3.05) is 12.4 Å². The van der Waals surface area contributed by atoms with Crippen LogP contribution in [0.4, 0.5) is 5.69 Å². The van der Waals surface area contributed by atoms with Gasteiger partial charge in [-0.15, -0.1) is 0 Å². The number of esters is 1. The zero-order valence-corrected chi connectivity index (χ0v) is 15.2. The van der Waals surface area contributed by atoms with E-state index in [-0.39, 0.29) is 11.8 Å². The molecule has 1 atom stereocenters. The Balaban J connectivity index is 2.06. The van der Waals surface area contributed by atoms with Crippen molar-refractivity contribution in [1.29, 1.82) is 0 Å². The second-order valence-corrected chi connectivity index (χ2v) is 6.56. The fourth-order valence-electron chi connectivity index (χ4n) is 2.54. The number of carbonyl (C=O) groups is 2. The first kappa shape index (κ1) is 18.7. The van der Waals surface area contributed by atoms with E-state index in [1.54, 1.807) is 24.3 Å². The summed E-state index contributed by atoms with van der Waals surface area (Å²) in [7, 11) is 1.34. The van der Waals surface area contributed by atoms with E-state index in [1.807, 2.05) is 31.2 Å². The van der Waals surface area contributed by atoms with Crippen molar-refractivity contribution in [2.45, 2.75) is 33.2 Å². The summed E-state index contributed by atoms with van der Waals surface area (Å²) in [5.41, 5.74) is 3.26. The topological polar surface area (TPSA) is 55.4 Å². The Morgan fingerprint density at radius 3 is 2.04 bits per heavy atom. The third kappa shape index (κ3) is 5.18. The predicted molar refractivity (Wildman–Crippen MR) is 100 cm³/mol. The minimum absolute atomic E-state index is 0.0375. The highest BCUT2D eigenvalue weighted by Crippen LogP contribution is 2.18. The first-order valence-corrected chi connectivity index (χ1v) is 8.45. The van der Waals surface area contributed by atoms with Crippen LogP contribution in [0.1, 0.15) is 46.5 Å². The summed E-state index contributed by atoms with van der Waals surface area (Å²) in [5, 5.41) is 3.45. The molecule has 2 rings (SSSR count). The van der Waals surface area contributed by atoms with Gasteiger partial charge in [-0.2, -0.15) is 0 Å². The molecule has 0 aliphatic rings. The van der Waals surface area contributed by atoms with E-state index in [9.17, 15) is 9.59 Å². The number of aryl methyl sites for hydroxylation is 1. The molecule has 2 aromatic carbocycles. The highest BCUT2D eigenvalue weighted by Gasteiger charge is 2.19. The first-order valence-electron chi connectivity index (χ1n) is 8.45. The quantitative estimate of drug-likeness (QED) is 0.596. The number of anilines is 1. The summed E-state index contributed by atoms with van der Waals surface area (Å²) in [6.07, 6.45) is 0.392. The molecule has 4 heteroatoms. The second-order valence-electron chi connectivity index (χ2n) is 6.56. The molecule has 132 valence electrons. The zero-order chi connectivity index (χ0) is 18.4. The fraction of sp³-hybridized carbons (Fsp3) is 0.333. The van der Waals surface area contributed by atoms with Gasteiger partial charge in [-0.1, -0.05) is 43.7 Å². The van der Waals surface area contributed by atoms with Gasteiger partial charge in [-0.3, -0.25) is 4.79 Å². The van der Waals surface area contributed by atoms with Gasteiger partial charge < -0.3 is 10.1 Å². The molecule has 0 bridgehead atoms. The molecular formula is C21H25NO3. The van der Waals surface area contributed by atoms with Crippen molar-refractivity contribution < 1.29 is 14.3 Å². The monoisotopic (exact) mass is 339 g/mol. The summed E-state index contributed by atoms with van der Waals surface area (Å²) in [5.74, 6) is -0.0468. The largest absolute Gasteiger partial charge is 0.465 e. The number of hydrogen-bond acceptors (Lipinski definition) is 4. The second kappa shape index (κ2) is 8.47. The van der Waals surface area contributed by atoms with Crippen LogP contribution in [0.3, 0.4) is 0 Å². The third-order valence-electron chi connectivity index (χ3n) is 4.24. The van der Waals surface area contributed by atoms with Gasteiger partial charge in [-0.25, -0.2) is 4.79 Å². The molecule has 0 unspecified atom stereocenters. The van der Waals surface area contributed by atoms with Crippen LogP contribution in [-0.4, -0.2) is 24.9 Å². The van der Waals surface area contributed by atoms with Crippen LogP contribution in [0.25, 0.3) is 0 Å². The van der Waals surface area contributed by atoms with Crippen LogP contribution in [0.5, 0.6) is 0 Å². The molecule has 0 heterocycles. The Kier molecular flexibility index (Phi) is 6.34. The lowest BCUT2D eigenvalue weighted by Crippen LogP contribution is -2.28. The standard InChI is InChI=1S/C21H25NO3/c1-14(2)19(22-18-11-5-15(3)6-12-18)13-20(23)16-7-9-17(10-8-16)21(24)25-4/h5-12,14,19,22H,13H2,1-4H3/t19-/m1/s1. The lowest BCUT2D eigenvalue weighted by Gasteiger charge is -2.23. The van der Waals surface area contributed by atoms with Gasteiger partial charge in [0.15, 0.2) is 5.78 Å². The molecule has 0 amide bonds. The lowest BCUT2D eigenvalue weighted by atomic mass is 9.95. The van der Waals surface area contributed by atoms with Crippen molar-refractivity contribution in [3.8, 4) is 0 Å². The van der Waals surface area contributed by atoms with Gasteiger partial charge >= 0.3 is 5.97 Å². The average Bonchev–Trinajstić information content (AvgIpc) is 2.62. The molecule has 4 nitrogen and oxygen atoms in total. The molecule has 0 radical (unpaired) electrons. The third-order valence-corrected chi connectivity index (χ3v) is 4.24. The highest BCUT2D eigenvalue weighted by molar-refractivity contribution is 5.98. The number of Topliss-reactive ketones (excluding diaryl/α,β-unsaturated/α-hetero) is 1. The maximum Gasteiger partial charge on any atom is 0.337 e. The Labute approximate surface area is 149 Å². The van der Waals surface area contributed by atoms with Gasteiger partial charge in [0.2, 0.25) is 0 Å². The Morgan fingerprint density at radius 2 is 1.52 bits per heavy atom. The van der Waals surface area contributed by atoms with Crippen molar-refractivity contribution in [2.24, 2.45) is 5.92 Å². The maximum atomic E-state index is 12.6. The fourth-order valence-corrected chi connectivity index (χ4v) is 2.54. The number of rotatable bonds is 7. The van der Waals surface area contributed by atoms with E-state index < -0.39 is 5.97 Å². The first-order chi connectivity index (χ1) is 11.9. The van der Waals surface area contributed by atoms with Crippen molar-refractivity contribution in [1.82, 2.24) is 0 Å². The smallest absolute Gasteiger partial charge is 0.337 e. The summed E-state index contributed by atoms with van der Waals surface area (Å²) in [4.78, 5) is 24.1. The predicted octanol–water partition coefficient (Wildman–Crippen LogP) is 4.49. The summed E-state index contributed by atoms with van der Waals surface area (Å²) >= 11 is 0. The van der Waals surface area contributed by atoms with Crippen LogP contribution in [-0.2, 0) is 4.74 Å². The van der Waals surface area contributed by atoms with Crippen molar-refractivity contribution >= 4 is 17.4 Å². The summed E-state index contributed by atoms with van der Waals surface area (Å²) in [6, 6.07) is 14.8. The van der Waals surface area contributed by atoms with Crippen LogP contribution < -0.4 is 5.32 Å². The van der Waals surface area contributed by atoms with Gasteiger partial charge in [0, 0.05) is 23.7 Å². The van der Waals surface area contributed by atoms with E-state index in [0.717, 1.165) is 5.69 Å². The molecule has 1 N–H and O–H groups in total. The van der Waals surface area contributed by atoms with E-state index in [0.29, 0.717) is 23.5 Å². The Hall–Kier alpha value is -2.62. The molecular weight excluding hydrogens is 314 g/mol. The summed E-state index contributed by atoms with van der Waals surface area (Å²) < 4.78 is 4.67. The average molecular weight is 339 g/mol. The van der Waals surface area contributed by atoms with E-state index >= 15 is 0 Å². The molecule has 0 saturated carbocycles. The van der Waals surface area contributed by atoms with E-state index in [4.69, 9.17) is 0 Å². The molecule has 0 aliphatic carbocycles. The number of hydrogen-bond donors (Lipinski definition) is 1. The molecule has 25 heavy (non-hydrogen) atoms. The van der Waals surface area contributed by atoms with Gasteiger partial charge in [0.1, 0.15) is 0 Å². The van der Waals surface area contributed by atoms with E-state index in [2.05, 4.69) is 23.9 Å². The minimum Gasteiger partial charge on any atom is -0.465 e. The number of nitrogens with one attached hydrogen (secondary N) is 1. The van der Waals surface area contributed by atoms with Gasteiger partial charge in [-0.05, 0) is 37.1 Å². The van der Waals surface area contributed by atoms with Crippen molar-refractivity contribution in [3.05, 3.63) is 65.2 Å². The summed E-state index contributed by atoms with van der Waals surface area (Å²) in [6.45, 7) is 6.24. The molecule has 0 aromatic heterocycles. The number of ether oxygens (including phenoxy) is 1. The molecule has 0 aliphatic heterocycles. The van der Waals surface area contributed by atoms with Crippen LogP contribution in [0, 0.1) is 12.8 Å². The molecule has 2 aromatic rings. The SMILES string of the molecule is COC(=O)c1ccc(C(=O)C[C@@H](Nc2ccc(C)cc2)C(C)C)cc1. The lowest BCUT2D eigenvalue weighted by molar-refractivity contribution is 0.0600. The normalized spacial score (nSPS) is 11.9. The molecule has 0 spiro atoms. The number of carbonyl (C=O) groups excluding carboxylic acids is 2. The number of benzene rings is 2. The van der Waals surface area contributed by atoms with Gasteiger partial charge in [0.05, 0.1) is 12.7 Å². The zero-order valence-electron chi connectivity index (χ0n) is 15.2. The number of ketones is 1. The Bertz CT molecular complexity index is 718. The minimum atomic E-state index is -0.403. The number of methoxy groups -OCH3 is 1. The molecule has 0 fully saturated rings. The van der Waals surface area contributed by atoms with E-state index in [1.165, 1.54) is 12.7 Å².